The van der Waals surface area contributed by atoms with Crippen molar-refractivity contribution >= 4 is 22.6 Å². The highest BCUT2D eigenvalue weighted by Gasteiger charge is 2.30. The van der Waals surface area contributed by atoms with Crippen LogP contribution in [0.3, 0.4) is 0 Å². The zero-order valence-electron chi connectivity index (χ0n) is 11.8. The highest BCUT2D eigenvalue weighted by Crippen LogP contribution is 2.29. The molecule has 2 N–H and O–H groups in total. The van der Waals surface area contributed by atoms with Crippen LogP contribution >= 0.6 is 0 Å². The first-order valence-corrected chi connectivity index (χ1v) is 6.30. The first-order valence-electron chi connectivity index (χ1n) is 6.30. The minimum absolute atomic E-state index is 0.204. The molecule has 1 aromatic heterocycles. The van der Waals surface area contributed by atoms with E-state index in [4.69, 9.17) is 15.2 Å². The molecular formula is C15H18N2O3. The lowest BCUT2D eigenvalue weighted by Crippen LogP contribution is -2.32. The fourth-order valence-electron chi connectivity index (χ4n) is 1.88. The van der Waals surface area contributed by atoms with Gasteiger partial charge in [-0.25, -0.2) is 0 Å². The second-order valence-corrected chi connectivity index (χ2v) is 5.22. The molecule has 5 heteroatoms. The van der Waals surface area contributed by atoms with Crippen LogP contribution in [0.1, 0.15) is 13.8 Å². The number of fused-ring (bicyclic) bond motifs is 1. The molecule has 2 aromatic rings. The number of hydrogen-bond donors (Lipinski definition) is 1. The molecule has 20 heavy (non-hydrogen) atoms. The number of esters is 1. The summed E-state index contributed by atoms with van der Waals surface area (Å²) in [6.07, 6.45) is 1.68. The number of carbonyl (C=O) groups is 1. The third-order valence-corrected chi connectivity index (χ3v) is 3.09. The standard InChI is InChI=1S/C15H18N2O3/c1-15(2,14(18)19-3)9-20-12-7-6-11(16)10-5-4-8-17-13(10)12/h4-8H,9,16H2,1-3H3. The van der Waals surface area contributed by atoms with Gasteiger partial charge in [0.2, 0.25) is 0 Å². The molecule has 1 aromatic carbocycles. The van der Waals surface area contributed by atoms with E-state index in [9.17, 15) is 4.79 Å². The van der Waals surface area contributed by atoms with E-state index in [2.05, 4.69) is 4.98 Å². The Kier molecular flexibility index (Phi) is 3.79. The Morgan fingerprint density at radius 2 is 2.10 bits per heavy atom. The van der Waals surface area contributed by atoms with Crippen molar-refractivity contribution in [2.75, 3.05) is 19.5 Å². The Labute approximate surface area is 117 Å². The first-order chi connectivity index (χ1) is 9.45. The molecule has 106 valence electrons. The summed E-state index contributed by atoms with van der Waals surface area (Å²) in [6, 6.07) is 7.24. The summed E-state index contributed by atoms with van der Waals surface area (Å²) in [5, 5.41) is 0.834. The van der Waals surface area contributed by atoms with Gasteiger partial charge in [0.25, 0.3) is 0 Å². The van der Waals surface area contributed by atoms with Crippen LogP contribution in [-0.4, -0.2) is 24.7 Å². The molecule has 0 saturated heterocycles. The normalized spacial score (nSPS) is 11.3. The molecule has 2 rings (SSSR count). The number of pyridine rings is 1. The number of methoxy groups -OCH3 is 1. The summed E-state index contributed by atoms with van der Waals surface area (Å²) in [7, 11) is 1.37. The Bertz CT molecular complexity index is 638. The Morgan fingerprint density at radius 1 is 1.35 bits per heavy atom. The van der Waals surface area contributed by atoms with Crippen LogP contribution in [0.5, 0.6) is 5.75 Å². The van der Waals surface area contributed by atoms with E-state index < -0.39 is 5.41 Å². The number of aromatic nitrogens is 1. The smallest absolute Gasteiger partial charge is 0.314 e. The summed E-state index contributed by atoms with van der Waals surface area (Å²) in [5.41, 5.74) is 6.52. The minimum Gasteiger partial charge on any atom is -0.490 e. The minimum atomic E-state index is -0.725. The van der Waals surface area contributed by atoms with E-state index >= 15 is 0 Å². The van der Waals surface area contributed by atoms with E-state index in [0.717, 1.165) is 5.39 Å². The third-order valence-electron chi connectivity index (χ3n) is 3.09. The fourth-order valence-corrected chi connectivity index (χ4v) is 1.88. The van der Waals surface area contributed by atoms with Gasteiger partial charge in [-0.2, -0.15) is 0 Å². The molecule has 0 aliphatic carbocycles. The number of rotatable bonds is 4. The van der Waals surface area contributed by atoms with Gasteiger partial charge in [-0.05, 0) is 38.1 Å². The monoisotopic (exact) mass is 274 g/mol. The molecule has 0 amide bonds. The van der Waals surface area contributed by atoms with Crippen molar-refractivity contribution in [1.82, 2.24) is 4.98 Å². The summed E-state index contributed by atoms with van der Waals surface area (Å²) in [6.45, 7) is 3.74. The molecule has 0 bridgehead atoms. The third kappa shape index (κ3) is 2.66. The van der Waals surface area contributed by atoms with Crippen molar-refractivity contribution in [3.8, 4) is 5.75 Å². The van der Waals surface area contributed by atoms with Gasteiger partial charge in [0.1, 0.15) is 17.9 Å². The van der Waals surface area contributed by atoms with Crippen molar-refractivity contribution in [3.63, 3.8) is 0 Å². The van der Waals surface area contributed by atoms with Crippen molar-refractivity contribution in [2.24, 2.45) is 5.41 Å². The van der Waals surface area contributed by atoms with Gasteiger partial charge in [0, 0.05) is 17.3 Å². The maximum absolute atomic E-state index is 11.6. The van der Waals surface area contributed by atoms with E-state index in [1.54, 1.807) is 32.2 Å². The molecule has 0 unspecified atom stereocenters. The fraction of sp³-hybridized carbons (Fsp3) is 0.333. The molecule has 0 fully saturated rings. The molecule has 0 saturated carbocycles. The van der Waals surface area contributed by atoms with Gasteiger partial charge in [-0.1, -0.05) is 0 Å². The predicted molar refractivity (Wildman–Crippen MR) is 77.4 cm³/mol. The summed E-state index contributed by atoms with van der Waals surface area (Å²) in [4.78, 5) is 15.9. The molecule has 5 nitrogen and oxygen atoms in total. The van der Waals surface area contributed by atoms with Gasteiger partial charge in [0.05, 0.1) is 12.5 Å². The molecular weight excluding hydrogens is 256 g/mol. The van der Waals surface area contributed by atoms with E-state index in [-0.39, 0.29) is 12.6 Å². The van der Waals surface area contributed by atoms with Crippen molar-refractivity contribution in [3.05, 3.63) is 30.5 Å². The van der Waals surface area contributed by atoms with Gasteiger partial charge >= 0.3 is 5.97 Å². The summed E-state index contributed by atoms with van der Waals surface area (Å²) < 4.78 is 10.5. The Morgan fingerprint density at radius 3 is 2.80 bits per heavy atom. The zero-order valence-corrected chi connectivity index (χ0v) is 11.8. The van der Waals surface area contributed by atoms with Crippen LogP contribution in [0.4, 0.5) is 5.69 Å². The second-order valence-electron chi connectivity index (χ2n) is 5.22. The van der Waals surface area contributed by atoms with E-state index in [0.29, 0.717) is 17.0 Å². The van der Waals surface area contributed by atoms with Gasteiger partial charge in [-0.15, -0.1) is 0 Å². The van der Waals surface area contributed by atoms with Crippen LogP contribution in [-0.2, 0) is 9.53 Å². The molecule has 0 aliphatic rings. The molecule has 0 radical (unpaired) electrons. The summed E-state index contributed by atoms with van der Waals surface area (Å²) >= 11 is 0. The maximum atomic E-state index is 11.6. The number of hydrogen-bond acceptors (Lipinski definition) is 5. The average molecular weight is 274 g/mol. The number of anilines is 1. The largest absolute Gasteiger partial charge is 0.490 e. The lowest BCUT2D eigenvalue weighted by Gasteiger charge is -2.22. The van der Waals surface area contributed by atoms with Crippen LogP contribution in [0.15, 0.2) is 30.5 Å². The predicted octanol–water partition coefficient (Wildman–Crippen LogP) is 2.40. The van der Waals surface area contributed by atoms with Crippen LogP contribution in [0, 0.1) is 5.41 Å². The number of nitrogens with two attached hydrogens (primary N) is 1. The van der Waals surface area contributed by atoms with Gasteiger partial charge in [-0.3, -0.25) is 9.78 Å². The van der Waals surface area contributed by atoms with Crippen molar-refractivity contribution in [1.29, 1.82) is 0 Å². The number of nitrogen functional groups attached to an aromatic ring is 1. The molecule has 1 heterocycles. The number of nitrogens with zero attached hydrogens (tertiary/aromatic N) is 1. The topological polar surface area (TPSA) is 74.4 Å². The Hall–Kier alpha value is -2.30. The SMILES string of the molecule is COC(=O)C(C)(C)COc1ccc(N)c2cccnc12. The number of carbonyl (C=O) groups excluding carboxylic acids is 1. The molecule has 0 atom stereocenters. The first kappa shape index (κ1) is 14.1. The lowest BCUT2D eigenvalue weighted by atomic mass is 9.95. The summed E-state index contributed by atoms with van der Waals surface area (Å²) in [5.74, 6) is 0.289. The number of ether oxygens (including phenoxy) is 2. The van der Waals surface area contributed by atoms with Crippen LogP contribution < -0.4 is 10.5 Å². The average Bonchev–Trinajstić information content (AvgIpc) is 2.46. The van der Waals surface area contributed by atoms with Crippen LogP contribution in [0.25, 0.3) is 10.9 Å². The molecule has 0 aliphatic heterocycles. The van der Waals surface area contributed by atoms with Gasteiger partial charge in [0.15, 0.2) is 0 Å². The lowest BCUT2D eigenvalue weighted by molar-refractivity contribution is -0.152. The highest BCUT2D eigenvalue weighted by atomic mass is 16.5. The van der Waals surface area contributed by atoms with Crippen molar-refractivity contribution < 1.29 is 14.3 Å². The second kappa shape index (κ2) is 5.36. The van der Waals surface area contributed by atoms with E-state index in [1.807, 2.05) is 12.1 Å². The van der Waals surface area contributed by atoms with Crippen LogP contribution in [0.2, 0.25) is 0 Å². The molecule has 0 spiro atoms. The van der Waals surface area contributed by atoms with E-state index in [1.165, 1.54) is 7.11 Å². The number of benzene rings is 1. The van der Waals surface area contributed by atoms with Crippen molar-refractivity contribution in [2.45, 2.75) is 13.8 Å². The Balaban J connectivity index is 2.27. The quantitative estimate of drug-likeness (QED) is 0.684. The van der Waals surface area contributed by atoms with Gasteiger partial charge < -0.3 is 15.2 Å². The maximum Gasteiger partial charge on any atom is 0.314 e. The zero-order chi connectivity index (χ0) is 14.8. The highest BCUT2D eigenvalue weighted by molar-refractivity contribution is 5.94.